The molecule has 0 aromatic heterocycles. The average Bonchev–Trinajstić information content (AvgIpc) is 3.32. The van der Waals surface area contributed by atoms with E-state index in [1.807, 2.05) is 6.20 Å². The zero-order valence-electron chi connectivity index (χ0n) is 26.0. The van der Waals surface area contributed by atoms with Crippen LogP contribution in [0.1, 0.15) is 91.9 Å². The molecule has 3 saturated heterocycles. The zero-order valence-corrected chi connectivity index (χ0v) is 26.0. The van der Waals surface area contributed by atoms with Crippen molar-refractivity contribution < 1.29 is 18.7 Å². The van der Waals surface area contributed by atoms with Gasteiger partial charge in [0.1, 0.15) is 6.17 Å². The summed E-state index contributed by atoms with van der Waals surface area (Å²) in [6, 6.07) is -0.502. The van der Waals surface area contributed by atoms with Gasteiger partial charge in [-0.15, -0.1) is 0 Å². The number of carbonyl (C=O) groups is 2. The monoisotopic (exact) mass is 585 g/mol. The van der Waals surface area contributed by atoms with Crippen molar-refractivity contribution in [3.8, 4) is 0 Å². The molecule has 9 heteroatoms. The summed E-state index contributed by atoms with van der Waals surface area (Å²) < 4.78 is 23.2. The summed E-state index contributed by atoms with van der Waals surface area (Å²) >= 11 is 0. The number of nitrogens with one attached hydrogen (secondary N) is 2. The van der Waals surface area contributed by atoms with Crippen LogP contribution >= 0.6 is 0 Å². The van der Waals surface area contributed by atoms with Crippen LogP contribution < -0.4 is 16.4 Å². The second-order valence-electron chi connectivity index (χ2n) is 16.2. The molecular weight excluding hydrogens is 533 g/mol. The summed E-state index contributed by atoms with van der Waals surface area (Å²) in [6.07, 6.45) is 9.93. The molecule has 42 heavy (non-hydrogen) atoms. The normalized spacial score (nSPS) is 45.0. The fourth-order valence-corrected chi connectivity index (χ4v) is 10.6. The number of nitrogens with two attached hydrogens (primary N) is 1. The Kier molecular flexibility index (Phi) is 7.31. The maximum absolute atomic E-state index is 16.3. The number of halogens is 1. The van der Waals surface area contributed by atoms with Crippen LogP contribution in [0.25, 0.3) is 0 Å². The summed E-state index contributed by atoms with van der Waals surface area (Å²) in [5, 5.41) is 6.91. The number of fused-ring (bicyclic) bond motifs is 3. The van der Waals surface area contributed by atoms with Gasteiger partial charge in [-0.2, -0.15) is 0 Å². The number of hydrogen-bond acceptors (Lipinski definition) is 7. The molecule has 7 aliphatic rings. The van der Waals surface area contributed by atoms with E-state index in [1.165, 1.54) is 25.7 Å². The van der Waals surface area contributed by atoms with Crippen LogP contribution in [-0.4, -0.2) is 94.2 Å². The number of rotatable bonds is 3. The molecule has 0 spiro atoms. The molecule has 4 N–H and O–H groups in total. The SMILES string of the molecule is CC1(C)CC(NC(=O)C2=CN3C4CC5CCCCC5CC4OC4C(N5CCC(N)C5)C(F)CC(C2=O)C43)CC(C)(C)N1. The molecule has 4 heterocycles. The lowest BCUT2D eigenvalue weighted by atomic mass is 9.64. The number of hydrogen-bond donors (Lipinski definition) is 3. The van der Waals surface area contributed by atoms with E-state index in [0.717, 1.165) is 38.6 Å². The minimum Gasteiger partial charge on any atom is -0.369 e. The van der Waals surface area contributed by atoms with E-state index >= 15 is 4.39 Å². The highest BCUT2D eigenvalue weighted by atomic mass is 19.1. The van der Waals surface area contributed by atoms with Crippen LogP contribution in [-0.2, 0) is 14.3 Å². The maximum Gasteiger partial charge on any atom is 0.256 e. The Hall–Kier alpha value is -1.55. The van der Waals surface area contributed by atoms with Crippen LogP contribution in [0.5, 0.6) is 0 Å². The topological polar surface area (TPSA) is 99.9 Å². The summed E-state index contributed by atoms with van der Waals surface area (Å²) in [6.45, 7) is 10.1. The van der Waals surface area contributed by atoms with E-state index in [4.69, 9.17) is 10.5 Å². The molecule has 0 aromatic rings. The van der Waals surface area contributed by atoms with Gasteiger partial charge in [-0.3, -0.25) is 14.5 Å². The number of Topliss-reactive ketones (excluding diaryl/α,β-unsaturated/α-hetero) is 1. The predicted octanol–water partition coefficient (Wildman–Crippen LogP) is 3.04. The third-order valence-electron chi connectivity index (χ3n) is 11.9. The van der Waals surface area contributed by atoms with Crippen LogP contribution in [0, 0.1) is 17.8 Å². The third kappa shape index (κ3) is 5.14. The highest BCUT2D eigenvalue weighted by molar-refractivity contribution is 6.20. The first-order valence-corrected chi connectivity index (χ1v) is 16.8. The molecule has 10 unspecified atom stereocenters. The van der Waals surface area contributed by atoms with Gasteiger partial charge in [-0.25, -0.2) is 4.39 Å². The number of likely N-dealkylation sites (tertiary alicyclic amines) is 1. The molecule has 4 aliphatic heterocycles. The quantitative estimate of drug-likeness (QED) is 0.438. The van der Waals surface area contributed by atoms with E-state index in [9.17, 15) is 9.59 Å². The van der Waals surface area contributed by atoms with Crippen molar-refractivity contribution in [1.82, 2.24) is 20.4 Å². The van der Waals surface area contributed by atoms with Gasteiger partial charge < -0.3 is 26.0 Å². The fourth-order valence-electron chi connectivity index (χ4n) is 10.6. The Morgan fingerprint density at radius 3 is 2.40 bits per heavy atom. The molecule has 1 amide bonds. The van der Waals surface area contributed by atoms with E-state index in [1.54, 1.807) is 0 Å². The summed E-state index contributed by atoms with van der Waals surface area (Å²) in [5.74, 6) is 0.227. The standard InChI is InChI=1S/C33H52FN5O3/c1-32(2)14-21(15-33(3,4)37-32)36-31(41)23-17-39-25-11-18-7-5-6-8-19(18)12-26(25)42-30-27(39)22(29(23)40)13-24(34)28(30)38-10-9-20(35)16-38/h17-22,24-28,30,37H,5-16,35H2,1-4H3,(H,36,41). The van der Waals surface area contributed by atoms with Gasteiger partial charge in [0.2, 0.25) is 0 Å². The minimum atomic E-state index is -1.19. The number of ketones is 1. The lowest BCUT2D eigenvalue weighted by molar-refractivity contribution is -0.219. The van der Waals surface area contributed by atoms with Crippen LogP contribution in [0.15, 0.2) is 11.8 Å². The molecule has 3 aliphatic carbocycles. The van der Waals surface area contributed by atoms with Gasteiger partial charge in [0.25, 0.3) is 5.91 Å². The van der Waals surface area contributed by atoms with Crippen LogP contribution in [0.3, 0.4) is 0 Å². The first-order chi connectivity index (χ1) is 19.9. The second-order valence-corrected chi connectivity index (χ2v) is 16.2. The number of nitrogens with zero attached hydrogens (tertiary/aromatic N) is 2. The zero-order chi connectivity index (χ0) is 29.6. The number of morpholine rings is 1. The van der Waals surface area contributed by atoms with Gasteiger partial charge in [0.05, 0.1) is 35.9 Å². The molecule has 10 atom stereocenters. The van der Waals surface area contributed by atoms with Crippen molar-refractivity contribution >= 4 is 11.7 Å². The Morgan fingerprint density at radius 2 is 1.74 bits per heavy atom. The molecule has 3 saturated carbocycles. The van der Waals surface area contributed by atoms with Gasteiger partial charge in [0, 0.05) is 48.4 Å². The minimum absolute atomic E-state index is 0.00453. The number of alkyl halides is 1. The van der Waals surface area contributed by atoms with Gasteiger partial charge in [-0.05, 0) is 78.1 Å². The number of carbonyl (C=O) groups excluding carboxylic acids is 2. The fraction of sp³-hybridized carbons (Fsp3) is 0.879. The van der Waals surface area contributed by atoms with Crippen molar-refractivity contribution in [2.75, 3.05) is 13.1 Å². The van der Waals surface area contributed by atoms with Gasteiger partial charge in [0.15, 0.2) is 5.78 Å². The van der Waals surface area contributed by atoms with Crippen molar-refractivity contribution in [1.29, 1.82) is 0 Å². The Morgan fingerprint density at radius 1 is 1.05 bits per heavy atom. The van der Waals surface area contributed by atoms with Crippen molar-refractivity contribution in [3.63, 3.8) is 0 Å². The summed E-state index contributed by atoms with van der Waals surface area (Å²) in [4.78, 5) is 32.6. The molecule has 8 nitrogen and oxygen atoms in total. The largest absolute Gasteiger partial charge is 0.369 e. The first-order valence-electron chi connectivity index (χ1n) is 16.8. The van der Waals surface area contributed by atoms with E-state index in [-0.39, 0.29) is 65.0 Å². The van der Waals surface area contributed by atoms with E-state index in [0.29, 0.717) is 18.4 Å². The first kappa shape index (κ1) is 29.2. The molecule has 7 rings (SSSR count). The Balaban J connectivity index is 1.21. The Labute approximate surface area is 250 Å². The molecule has 0 bridgehead atoms. The molecule has 0 aromatic carbocycles. The number of amides is 1. The van der Waals surface area contributed by atoms with E-state index in [2.05, 4.69) is 48.1 Å². The highest BCUT2D eigenvalue weighted by Gasteiger charge is 2.61. The number of ether oxygens (including phenoxy) is 1. The average molecular weight is 586 g/mol. The highest BCUT2D eigenvalue weighted by Crippen LogP contribution is 2.51. The smallest absolute Gasteiger partial charge is 0.256 e. The second kappa shape index (κ2) is 10.5. The van der Waals surface area contributed by atoms with Crippen LogP contribution in [0.4, 0.5) is 4.39 Å². The summed E-state index contributed by atoms with van der Waals surface area (Å²) in [5.41, 5.74) is 6.23. The third-order valence-corrected chi connectivity index (χ3v) is 11.9. The lowest BCUT2D eigenvalue weighted by Crippen LogP contribution is -2.73. The van der Waals surface area contributed by atoms with E-state index < -0.39 is 24.2 Å². The van der Waals surface area contributed by atoms with Crippen molar-refractivity contribution in [3.05, 3.63) is 11.8 Å². The molecule has 0 radical (unpaired) electrons. The molecular formula is C33H52FN5O3. The molecule has 6 fully saturated rings. The molecule has 234 valence electrons. The predicted molar refractivity (Wildman–Crippen MR) is 159 cm³/mol. The van der Waals surface area contributed by atoms with Crippen molar-refractivity contribution in [2.45, 2.75) is 152 Å². The maximum atomic E-state index is 16.3. The summed E-state index contributed by atoms with van der Waals surface area (Å²) in [7, 11) is 0. The van der Waals surface area contributed by atoms with Crippen LogP contribution in [0.2, 0.25) is 0 Å². The van der Waals surface area contributed by atoms with Gasteiger partial charge in [-0.1, -0.05) is 25.7 Å². The lowest BCUT2D eigenvalue weighted by Gasteiger charge is -2.61. The Bertz CT molecular complexity index is 1110. The van der Waals surface area contributed by atoms with Crippen molar-refractivity contribution in [2.24, 2.45) is 23.5 Å². The van der Waals surface area contributed by atoms with Gasteiger partial charge >= 0.3 is 0 Å². The number of piperidine rings is 1.